The number of aliphatic hydroxyl groups is 1. The van der Waals surface area contributed by atoms with Gasteiger partial charge in [-0.2, -0.15) is 0 Å². The van der Waals surface area contributed by atoms with Crippen molar-refractivity contribution in [3.63, 3.8) is 0 Å². The normalized spacial score (nSPS) is 22.3. The number of aryl methyl sites for hydroxylation is 3. The first-order chi connectivity index (χ1) is 8.58. The number of rotatable bonds is 4. The van der Waals surface area contributed by atoms with Gasteiger partial charge >= 0.3 is 0 Å². The second kappa shape index (κ2) is 7.25. The molecule has 0 aromatic heterocycles. The van der Waals surface area contributed by atoms with Gasteiger partial charge in [-0.1, -0.05) is 12.1 Å². The zero-order chi connectivity index (χ0) is 13.1. The van der Waals surface area contributed by atoms with Gasteiger partial charge in [0.15, 0.2) is 0 Å². The minimum atomic E-state index is -0.196. The highest BCUT2D eigenvalue weighted by molar-refractivity contribution is 5.85. The standard InChI is InChI=1S/C15H24N2O.ClH/c1-10-4-12(3)13(5-11(10)2)6-16-7-14-8-17-9-15(14)18;/h4-5,14-18H,6-9H2,1-3H3;1H. The Labute approximate surface area is 122 Å². The second-order valence-electron chi connectivity index (χ2n) is 5.48. The Bertz CT molecular complexity index is 423. The minimum absolute atomic E-state index is 0. The van der Waals surface area contributed by atoms with Gasteiger partial charge in [0.2, 0.25) is 0 Å². The molecular formula is C15H25ClN2O. The average molecular weight is 285 g/mol. The van der Waals surface area contributed by atoms with Crippen LogP contribution in [0.15, 0.2) is 12.1 Å². The fourth-order valence-electron chi connectivity index (χ4n) is 2.53. The fourth-order valence-corrected chi connectivity index (χ4v) is 2.53. The van der Waals surface area contributed by atoms with Crippen LogP contribution >= 0.6 is 12.4 Å². The maximum absolute atomic E-state index is 9.72. The van der Waals surface area contributed by atoms with Crippen molar-refractivity contribution in [2.45, 2.75) is 33.4 Å². The van der Waals surface area contributed by atoms with Crippen LogP contribution < -0.4 is 10.6 Å². The molecule has 0 aliphatic carbocycles. The van der Waals surface area contributed by atoms with E-state index in [1.54, 1.807) is 0 Å². The molecule has 1 fully saturated rings. The van der Waals surface area contributed by atoms with Gasteiger partial charge in [0.1, 0.15) is 0 Å². The van der Waals surface area contributed by atoms with Gasteiger partial charge in [0.05, 0.1) is 6.10 Å². The van der Waals surface area contributed by atoms with Crippen LogP contribution in [0.3, 0.4) is 0 Å². The smallest absolute Gasteiger partial charge is 0.0716 e. The topological polar surface area (TPSA) is 44.3 Å². The largest absolute Gasteiger partial charge is 0.391 e. The van der Waals surface area contributed by atoms with Gasteiger partial charge in [0, 0.05) is 32.1 Å². The molecular weight excluding hydrogens is 260 g/mol. The van der Waals surface area contributed by atoms with Gasteiger partial charge < -0.3 is 15.7 Å². The summed E-state index contributed by atoms with van der Waals surface area (Å²) < 4.78 is 0. The Morgan fingerprint density at radius 3 is 2.47 bits per heavy atom. The van der Waals surface area contributed by atoms with E-state index in [-0.39, 0.29) is 18.5 Å². The third-order valence-electron chi connectivity index (χ3n) is 3.98. The van der Waals surface area contributed by atoms with E-state index in [9.17, 15) is 5.11 Å². The van der Waals surface area contributed by atoms with Crippen molar-refractivity contribution in [3.8, 4) is 0 Å². The first-order valence-electron chi connectivity index (χ1n) is 6.74. The predicted octanol–water partition coefficient (Wildman–Crippen LogP) is 1.70. The molecule has 1 saturated heterocycles. The third kappa shape index (κ3) is 4.18. The highest BCUT2D eigenvalue weighted by Gasteiger charge is 2.24. The number of nitrogens with one attached hydrogen (secondary N) is 2. The zero-order valence-corrected chi connectivity index (χ0v) is 12.8. The first-order valence-corrected chi connectivity index (χ1v) is 6.74. The van der Waals surface area contributed by atoms with E-state index in [4.69, 9.17) is 0 Å². The van der Waals surface area contributed by atoms with Crippen molar-refractivity contribution in [2.24, 2.45) is 5.92 Å². The molecule has 3 nitrogen and oxygen atoms in total. The molecule has 4 heteroatoms. The van der Waals surface area contributed by atoms with Crippen LogP contribution in [-0.4, -0.2) is 30.8 Å². The van der Waals surface area contributed by atoms with E-state index in [1.807, 2.05) is 0 Å². The maximum atomic E-state index is 9.72. The molecule has 1 aliphatic rings. The highest BCUT2D eigenvalue weighted by atomic mass is 35.5. The van der Waals surface area contributed by atoms with Crippen LogP contribution in [0.2, 0.25) is 0 Å². The van der Waals surface area contributed by atoms with Gasteiger partial charge in [-0.25, -0.2) is 0 Å². The molecule has 1 aromatic carbocycles. The molecule has 0 amide bonds. The summed E-state index contributed by atoms with van der Waals surface area (Å²) in [5.74, 6) is 0.344. The summed E-state index contributed by atoms with van der Waals surface area (Å²) >= 11 is 0. The first kappa shape index (κ1) is 16.4. The lowest BCUT2D eigenvalue weighted by Crippen LogP contribution is -2.30. The summed E-state index contributed by atoms with van der Waals surface area (Å²) in [7, 11) is 0. The van der Waals surface area contributed by atoms with E-state index in [0.29, 0.717) is 5.92 Å². The summed E-state index contributed by atoms with van der Waals surface area (Å²) in [6.45, 7) is 9.88. The summed E-state index contributed by atoms with van der Waals surface area (Å²) in [6.07, 6.45) is -0.196. The fraction of sp³-hybridized carbons (Fsp3) is 0.600. The lowest BCUT2D eigenvalue weighted by molar-refractivity contribution is 0.146. The summed E-state index contributed by atoms with van der Waals surface area (Å²) in [5, 5.41) is 16.4. The van der Waals surface area contributed by atoms with Crippen molar-refractivity contribution in [3.05, 3.63) is 34.4 Å². The van der Waals surface area contributed by atoms with Crippen LogP contribution in [0.25, 0.3) is 0 Å². The summed E-state index contributed by atoms with van der Waals surface area (Å²) in [4.78, 5) is 0. The van der Waals surface area contributed by atoms with Crippen LogP contribution in [0.4, 0.5) is 0 Å². The van der Waals surface area contributed by atoms with Crippen molar-refractivity contribution in [2.75, 3.05) is 19.6 Å². The molecule has 0 bridgehead atoms. The number of hydrogen-bond donors (Lipinski definition) is 3. The average Bonchev–Trinajstić information content (AvgIpc) is 2.72. The number of β-amino-alcohol motifs (C(OH)–C–C–N with tert-alkyl or cyclic N) is 1. The summed E-state index contributed by atoms with van der Waals surface area (Å²) in [6, 6.07) is 4.51. The number of hydrogen-bond acceptors (Lipinski definition) is 3. The predicted molar refractivity (Wildman–Crippen MR) is 82.0 cm³/mol. The molecule has 1 aromatic rings. The zero-order valence-electron chi connectivity index (χ0n) is 12.0. The highest BCUT2D eigenvalue weighted by Crippen LogP contribution is 2.15. The molecule has 0 saturated carbocycles. The number of halogens is 1. The van der Waals surface area contributed by atoms with Crippen LogP contribution in [0, 0.1) is 26.7 Å². The van der Waals surface area contributed by atoms with E-state index >= 15 is 0 Å². The molecule has 0 radical (unpaired) electrons. The third-order valence-corrected chi connectivity index (χ3v) is 3.98. The molecule has 19 heavy (non-hydrogen) atoms. The Kier molecular flexibility index (Phi) is 6.27. The molecule has 3 N–H and O–H groups in total. The van der Waals surface area contributed by atoms with Crippen LogP contribution in [-0.2, 0) is 6.54 Å². The number of benzene rings is 1. The molecule has 0 spiro atoms. The Hall–Kier alpha value is -0.610. The summed E-state index contributed by atoms with van der Waals surface area (Å²) in [5.41, 5.74) is 5.40. The van der Waals surface area contributed by atoms with Crippen molar-refractivity contribution < 1.29 is 5.11 Å². The van der Waals surface area contributed by atoms with Crippen molar-refractivity contribution in [1.29, 1.82) is 0 Å². The van der Waals surface area contributed by atoms with Crippen LogP contribution in [0.1, 0.15) is 22.3 Å². The van der Waals surface area contributed by atoms with Crippen molar-refractivity contribution >= 4 is 12.4 Å². The SMILES string of the molecule is Cc1cc(C)c(CNCC2CNCC2O)cc1C.Cl. The van der Waals surface area contributed by atoms with E-state index < -0.39 is 0 Å². The lowest BCUT2D eigenvalue weighted by Gasteiger charge is -2.15. The molecule has 2 atom stereocenters. The van der Waals surface area contributed by atoms with Crippen LogP contribution in [0.5, 0.6) is 0 Å². The maximum Gasteiger partial charge on any atom is 0.0716 e. The number of aliphatic hydroxyl groups excluding tert-OH is 1. The molecule has 1 heterocycles. The minimum Gasteiger partial charge on any atom is -0.391 e. The van der Waals surface area contributed by atoms with E-state index in [1.165, 1.54) is 22.3 Å². The van der Waals surface area contributed by atoms with E-state index in [2.05, 4.69) is 43.5 Å². The van der Waals surface area contributed by atoms with Gasteiger partial charge in [-0.05, 0) is 43.0 Å². The Morgan fingerprint density at radius 2 is 1.84 bits per heavy atom. The monoisotopic (exact) mass is 284 g/mol. The van der Waals surface area contributed by atoms with Gasteiger partial charge in [-0.15, -0.1) is 12.4 Å². The van der Waals surface area contributed by atoms with Gasteiger partial charge in [-0.3, -0.25) is 0 Å². The van der Waals surface area contributed by atoms with Gasteiger partial charge in [0.25, 0.3) is 0 Å². The molecule has 2 unspecified atom stereocenters. The second-order valence-corrected chi connectivity index (χ2v) is 5.48. The van der Waals surface area contributed by atoms with E-state index in [0.717, 1.165) is 26.2 Å². The molecule has 108 valence electrons. The molecule has 1 aliphatic heterocycles. The quantitative estimate of drug-likeness (QED) is 0.789. The Morgan fingerprint density at radius 1 is 1.16 bits per heavy atom. The lowest BCUT2D eigenvalue weighted by atomic mass is 10.0. The molecule has 2 rings (SSSR count). The Balaban J connectivity index is 0.00000180. The van der Waals surface area contributed by atoms with Crippen molar-refractivity contribution in [1.82, 2.24) is 10.6 Å².